The SMILES string of the molecule is COc1ccc(Cl)cc1Nc1cc(-c2ccccc2)nc(NC(C)(C)C)n1. The number of anilines is 3. The van der Waals surface area contributed by atoms with Gasteiger partial charge in [-0.3, -0.25) is 0 Å². The molecule has 0 saturated carbocycles. The average Bonchev–Trinajstić information content (AvgIpc) is 2.61. The second-order valence-corrected chi connectivity index (χ2v) is 7.61. The lowest BCUT2D eigenvalue weighted by molar-refractivity contribution is 0.417. The van der Waals surface area contributed by atoms with E-state index in [4.69, 9.17) is 16.3 Å². The van der Waals surface area contributed by atoms with Gasteiger partial charge in [0.1, 0.15) is 11.6 Å². The fourth-order valence-electron chi connectivity index (χ4n) is 2.58. The normalized spacial score (nSPS) is 11.1. The molecule has 0 bridgehead atoms. The Bertz CT molecular complexity index is 923. The summed E-state index contributed by atoms with van der Waals surface area (Å²) in [6, 6.07) is 17.3. The number of methoxy groups -OCH3 is 1. The van der Waals surface area contributed by atoms with Gasteiger partial charge in [0.15, 0.2) is 0 Å². The van der Waals surface area contributed by atoms with Gasteiger partial charge in [-0.05, 0) is 39.0 Å². The Morgan fingerprint density at radius 2 is 1.70 bits per heavy atom. The summed E-state index contributed by atoms with van der Waals surface area (Å²) in [7, 11) is 1.62. The van der Waals surface area contributed by atoms with Crippen LogP contribution in [0.5, 0.6) is 5.75 Å². The number of aromatic nitrogens is 2. The lowest BCUT2D eigenvalue weighted by Gasteiger charge is -2.21. The highest BCUT2D eigenvalue weighted by Gasteiger charge is 2.15. The van der Waals surface area contributed by atoms with Crippen LogP contribution in [-0.4, -0.2) is 22.6 Å². The van der Waals surface area contributed by atoms with Gasteiger partial charge in [-0.2, -0.15) is 4.98 Å². The molecule has 3 rings (SSSR count). The monoisotopic (exact) mass is 382 g/mol. The standard InChI is InChI=1S/C21H23ClN4O/c1-21(2,3)26-20-24-16(14-8-6-5-7-9-14)13-19(25-20)23-17-12-15(22)10-11-18(17)27-4/h5-13H,1-4H3,(H2,23,24,25,26). The fourth-order valence-corrected chi connectivity index (χ4v) is 2.75. The van der Waals surface area contributed by atoms with Crippen molar-refractivity contribution in [3.8, 4) is 17.0 Å². The topological polar surface area (TPSA) is 59.1 Å². The van der Waals surface area contributed by atoms with Gasteiger partial charge in [0.25, 0.3) is 0 Å². The molecule has 140 valence electrons. The van der Waals surface area contributed by atoms with Crippen molar-refractivity contribution in [1.29, 1.82) is 0 Å². The Kier molecular flexibility index (Phi) is 5.51. The summed E-state index contributed by atoms with van der Waals surface area (Å²) in [5.74, 6) is 1.88. The van der Waals surface area contributed by atoms with Crippen molar-refractivity contribution in [3.63, 3.8) is 0 Å². The third kappa shape index (κ3) is 5.11. The molecule has 0 spiro atoms. The fraction of sp³-hybridized carbons (Fsp3) is 0.238. The van der Waals surface area contributed by atoms with Crippen molar-refractivity contribution in [2.45, 2.75) is 26.3 Å². The van der Waals surface area contributed by atoms with Crippen LogP contribution in [0.3, 0.4) is 0 Å². The maximum Gasteiger partial charge on any atom is 0.225 e. The van der Waals surface area contributed by atoms with Gasteiger partial charge in [0.2, 0.25) is 5.95 Å². The van der Waals surface area contributed by atoms with E-state index in [0.29, 0.717) is 22.5 Å². The first-order valence-electron chi connectivity index (χ1n) is 8.67. The molecule has 3 aromatic rings. The van der Waals surface area contributed by atoms with Gasteiger partial charge >= 0.3 is 0 Å². The van der Waals surface area contributed by atoms with Crippen LogP contribution in [0.1, 0.15) is 20.8 Å². The van der Waals surface area contributed by atoms with Crippen LogP contribution in [0.15, 0.2) is 54.6 Å². The van der Waals surface area contributed by atoms with E-state index in [-0.39, 0.29) is 5.54 Å². The van der Waals surface area contributed by atoms with Crippen molar-refractivity contribution in [1.82, 2.24) is 9.97 Å². The van der Waals surface area contributed by atoms with E-state index >= 15 is 0 Å². The minimum absolute atomic E-state index is 0.166. The van der Waals surface area contributed by atoms with Gasteiger partial charge in [-0.1, -0.05) is 41.9 Å². The summed E-state index contributed by atoms with van der Waals surface area (Å²) in [5.41, 5.74) is 2.41. The molecule has 27 heavy (non-hydrogen) atoms. The number of hydrogen-bond acceptors (Lipinski definition) is 5. The number of ether oxygens (including phenoxy) is 1. The predicted octanol–water partition coefficient (Wildman–Crippen LogP) is 5.76. The number of rotatable bonds is 5. The molecule has 2 aromatic carbocycles. The minimum atomic E-state index is -0.166. The molecule has 6 heteroatoms. The second-order valence-electron chi connectivity index (χ2n) is 7.17. The zero-order valence-electron chi connectivity index (χ0n) is 15.9. The highest BCUT2D eigenvalue weighted by molar-refractivity contribution is 6.31. The van der Waals surface area contributed by atoms with Crippen LogP contribution in [0, 0.1) is 0 Å². The Morgan fingerprint density at radius 1 is 0.963 bits per heavy atom. The Morgan fingerprint density at radius 3 is 2.37 bits per heavy atom. The maximum absolute atomic E-state index is 6.14. The van der Waals surface area contributed by atoms with Crippen LogP contribution >= 0.6 is 11.6 Å². The number of nitrogens with one attached hydrogen (secondary N) is 2. The highest BCUT2D eigenvalue weighted by Crippen LogP contribution is 2.31. The van der Waals surface area contributed by atoms with E-state index in [1.165, 1.54) is 0 Å². The van der Waals surface area contributed by atoms with Gasteiger partial charge in [-0.25, -0.2) is 4.98 Å². The first-order valence-corrected chi connectivity index (χ1v) is 9.05. The molecule has 0 aliphatic heterocycles. The van der Waals surface area contributed by atoms with Crippen LogP contribution in [0.4, 0.5) is 17.5 Å². The zero-order chi connectivity index (χ0) is 19.4. The van der Waals surface area contributed by atoms with Gasteiger partial charge in [-0.15, -0.1) is 0 Å². The minimum Gasteiger partial charge on any atom is -0.495 e. The maximum atomic E-state index is 6.14. The summed E-state index contributed by atoms with van der Waals surface area (Å²) in [6.45, 7) is 6.20. The highest BCUT2D eigenvalue weighted by atomic mass is 35.5. The van der Waals surface area contributed by atoms with E-state index < -0.39 is 0 Å². The Balaban J connectivity index is 2.04. The van der Waals surface area contributed by atoms with Crippen LogP contribution in [0.25, 0.3) is 11.3 Å². The number of nitrogens with zero attached hydrogens (tertiary/aromatic N) is 2. The molecule has 0 atom stereocenters. The summed E-state index contributed by atoms with van der Waals surface area (Å²) in [4.78, 5) is 9.28. The lowest BCUT2D eigenvalue weighted by atomic mass is 10.1. The largest absolute Gasteiger partial charge is 0.495 e. The van der Waals surface area contributed by atoms with Crippen molar-refractivity contribution in [2.24, 2.45) is 0 Å². The molecular weight excluding hydrogens is 360 g/mol. The van der Waals surface area contributed by atoms with E-state index in [0.717, 1.165) is 16.9 Å². The molecule has 0 amide bonds. The second kappa shape index (κ2) is 7.84. The lowest BCUT2D eigenvalue weighted by Crippen LogP contribution is -2.27. The molecule has 2 N–H and O–H groups in total. The number of benzene rings is 2. The number of hydrogen-bond donors (Lipinski definition) is 2. The van der Waals surface area contributed by atoms with Gasteiger partial charge < -0.3 is 15.4 Å². The van der Waals surface area contributed by atoms with E-state index in [1.807, 2.05) is 48.5 Å². The molecule has 0 aliphatic rings. The molecule has 0 radical (unpaired) electrons. The van der Waals surface area contributed by atoms with Crippen LogP contribution in [0.2, 0.25) is 5.02 Å². The van der Waals surface area contributed by atoms with E-state index in [1.54, 1.807) is 13.2 Å². The summed E-state index contributed by atoms with van der Waals surface area (Å²) >= 11 is 6.14. The third-order valence-electron chi connectivity index (χ3n) is 3.71. The molecular formula is C21H23ClN4O. The van der Waals surface area contributed by atoms with Crippen LogP contribution in [-0.2, 0) is 0 Å². The molecule has 0 saturated heterocycles. The van der Waals surface area contributed by atoms with Crippen LogP contribution < -0.4 is 15.4 Å². The van der Waals surface area contributed by atoms with Crippen molar-refractivity contribution in [3.05, 3.63) is 59.6 Å². The number of halogens is 1. The smallest absolute Gasteiger partial charge is 0.225 e. The Labute approximate surface area is 164 Å². The van der Waals surface area contributed by atoms with E-state index in [2.05, 4.69) is 41.4 Å². The summed E-state index contributed by atoms with van der Waals surface area (Å²) in [6.07, 6.45) is 0. The molecule has 5 nitrogen and oxygen atoms in total. The van der Waals surface area contributed by atoms with Gasteiger partial charge in [0.05, 0.1) is 18.5 Å². The van der Waals surface area contributed by atoms with Gasteiger partial charge in [0, 0.05) is 22.2 Å². The quantitative estimate of drug-likeness (QED) is 0.587. The Hall–Kier alpha value is -2.79. The molecule has 1 aromatic heterocycles. The van der Waals surface area contributed by atoms with Crippen molar-refractivity contribution < 1.29 is 4.74 Å². The third-order valence-corrected chi connectivity index (χ3v) is 3.94. The predicted molar refractivity (Wildman–Crippen MR) is 112 cm³/mol. The van der Waals surface area contributed by atoms with Crippen molar-refractivity contribution in [2.75, 3.05) is 17.7 Å². The van der Waals surface area contributed by atoms with Crippen molar-refractivity contribution >= 4 is 29.1 Å². The molecule has 0 unspecified atom stereocenters. The molecule has 0 fully saturated rings. The zero-order valence-corrected chi connectivity index (χ0v) is 16.6. The van der Waals surface area contributed by atoms with E-state index in [9.17, 15) is 0 Å². The molecule has 1 heterocycles. The first kappa shape index (κ1) is 19.0. The summed E-state index contributed by atoms with van der Waals surface area (Å²) in [5, 5.41) is 7.25. The first-order chi connectivity index (χ1) is 12.8. The average molecular weight is 383 g/mol. The molecule has 0 aliphatic carbocycles. The summed E-state index contributed by atoms with van der Waals surface area (Å²) < 4.78 is 5.42.